The topological polar surface area (TPSA) is 41.3 Å². The Balaban J connectivity index is 1.90. The second-order valence-corrected chi connectivity index (χ2v) is 6.52. The van der Waals surface area contributed by atoms with Crippen molar-refractivity contribution in [1.82, 2.24) is 14.5 Å². The molecular formula is C14H24ClN3O. The largest absolute Gasteiger partial charge is 0.389 e. The van der Waals surface area contributed by atoms with Gasteiger partial charge in [0.15, 0.2) is 0 Å². The molecule has 0 saturated heterocycles. The number of hydrogen-bond acceptors (Lipinski definition) is 3. The fourth-order valence-corrected chi connectivity index (χ4v) is 2.97. The predicted molar refractivity (Wildman–Crippen MR) is 77.1 cm³/mol. The highest BCUT2D eigenvalue weighted by Crippen LogP contribution is 2.32. The molecule has 2 rings (SSSR count). The Morgan fingerprint density at radius 2 is 2.16 bits per heavy atom. The lowest BCUT2D eigenvalue weighted by Gasteiger charge is -2.37. The van der Waals surface area contributed by atoms with E-state index in [1.54, 1.807) is 6.20 Å². The van der Waals surface area contributed by atoms with Crippen LogP contribution in [0.15, 0.2) is 6.20 Å². The summed E-state index contributed by atoms with van der Waals surface area (Å²) >= 11 is 5.98. The van der Waals surface area contributed by atoms with Crippen molar-refractivity contribution in [2.75, 3.05) is 13.6 Å². The molecule has 0 aromatic carbocycles. The lowest BCUT2D eigenvalue weighted by atomic mass is 9.79. The molecule has 0 spiro atoms. The quantitative estimate of drug-likeness (QED) is 0.924. The second kappa shape index (κ2) is 5.81. The third-order valence-electron chi connectivity index (χ3n) is 4.21. The number of rotatable bonds is 4. The molecule has 108 valence electrons. The van der Waals surface area contributed by atoms with Gasteiger partial charge in [0.05, 0.1) is 18.3 Å². The van der Waals surface area contributed by atoms with Crippen molar-refractivity contribution in [1.29, 1.82) is 0 Å². The Hall–Kier alpha value is -0.580. The van der Waals surface area contributed by atoms with Crippen LogP contribution in [-0.2, 0) is 13.6 Å². The van der Waals surface area contributed by atoms with E-state index < -0.39 is 5.60 Å². The first-order valence-corrected chi connectivity index (χ1v) is 7.34. The van der Waals surface area contributed by atoms with Crippen LogP contribution in [0.2, 0.25) is 5.15 Å². The van der Waals surface area contributed by atoms with Crippen LogP contribution < -0.4 is 0 Å². The maximum atomic E-state index is 10.6. The van der Waals surface area contributed by atoms with Crippen LogP contribution >= 0.6 is 11.6 Å². The smallest absolute Gasteiger partial charge is 0.128 e. The predicted octanol–water partition coefficient (Wildman–Crippen LogP) is 2.45. The summed E-state index contributed by atoms with van der Waals surface area (Å²) in [5, 5.41) is 11.3. The van der Waals surface area contributed by atoms with Gasteiger partial charge in [0.1, 0.15) is 11.0 Å². The van der Waals surface area contributed by atoms with E-state index in [4.69, 9.17) is 11.6 Å². The van der Waals surface area contributed by atoms with Gasteiger partial charge in [0.2, 0.25) is 0 Å². The SMILES string of the molecule is CC1CCC(O)(CN(C)Cc2ncc(Cl)n2C)CC1. The molecule has 0 unspecified atom stereocenters. The van der Waals surface area contributed by atoms with Gasteiger partial charge in [-0.05, 0) is 38.6 Å². The Kier molecular flexibility index (Phi) is 4.54. The minimum absolute atomic E-state index is 0.532. The molecule has 1 N–H and O–H groups in total. The summed E-state index contributed by atoms with van der Waals surface area (Å²) in [7, 11) is 3.94. The average molecular weight is 286 g/mol. The Morgan fingerprint density at radius 1 is 1.53 bits per heavy atom. The molecule has 0 radical (unpaired) electrons. The maximum Gasteiger partial charge on any atom is 0.128 e. The summed E-state index contributed by atoms with van der Waals surface area (Å²) in [6, 6.07) is 0. The first kappa shape index (κ1) is 14.8. The van der Waals surface area contributed by atoms with Crippen LogP contribution in [0.5, 0.6) is 0 Å². The third-order valence-corrected chi connectivity index (χ3v) is 4.56. The van der Waals surface area contributed by atoms with E-state index in [2.05, 4.69) is 16.8 Å². The van der Waals surface area contributed by atoms with Gasteiger partial charge in [-0.3, -0.25) is 4.90 Å². The van der Waals surface area contributed by atoms with Crippen molar-refractivity contribution in [3.05, 3.63) is 17.2 Å². The minimum Gasteiger partial charge on any atom is -0.389 e. The molecule has 4 nitrogen and oxygen atoms in total. The molecule has 0 amide bonds. The van der Waals surface area contributed by atoms with Gasteiger partial charge in [-0.2, -0.15) is 0 Å². The molecule has 0 atom stereocenters. The highest BCUT2D eigenvalue weighted by atomic mass is 35.5. The fraction of sp³-hybridized carbons (Fsp3) is 0.786. The van der Waals surface area contributed by atoms with Gasteiger partial charge in [0.25, 0.3) is 0 Å². The number of aromatic nitrogens is 2. The number of hydrogen-bond donors (Lipinski definition) is 1. The highest BCUT2D eigenvalue weighted by Gasteiger charge is 2.32. The molecule has 1 heterocycles. The molecule has 1 aromatic heterocycles. The van der Waals surface area contributed by atoms with Crippen LogP contribution in [0.4, 0.5) is 0 Å². The van der Waals surface area contributed by atoms with Crippen molar-refractivity contribution in [2.24, 2.45) is 13.0 Å². The first-order valence-electron chi connectivity index (χ1n) is 6.97. The summed E-state index contributed by atoms with van der Waals surface area (Å²) in [5.74, 6) is 1.68. The number of aliphatic hydroxyl groups is 1. The highest BCUT2D eigenvalue weighted by molar-refractivity contribution is 6.29. The normalized spacial score (nSPS) is 28.0. The molecule has 1 saturated carbocycles. The Labute approximate surface area is 120 Å². The summed E-state index contributed by atoms with van der Waals surface area (Å²) < 4.78 is 1.88. The molecule has 1 aromatic rings. The molecule has 1 aliphatic rings. The van der Waals surface area contributed by atoms with Crippen LogP contribution in [0.1, 0.15) is 38.4 Å². The van der Waals surface area contributed by atoms with Crippen LogP contribution in [0.25, 0.3) is 0 Å². The molecule has 0 bridgehead atoms. The van der Waals surface area contributed by atoms with Gasteiger partial charge in [-0.1, -0.05) is 18.5 Å². The maximum absolute atomic E-state index is 10.6. The average Bonchev–Trinajstić information content (AvgIpc) is 2.65. The van der Waals surface area contributed by atoms with E-state index in [1.807, 2.05) is 18.7 Å². The summed E-state index contributed by atoms with van der Waals surface area (Å²) in [4.78, 5) is 6.42. The Bertz CT molecular complexity index is 424. The lowest BCUT2D eigenvalue weighted by Crippen LogP contribution is -2.44. The monoisotopic (exact) mass is 285 g/mol. The molecular weight excluding hydrogens is 262 g/mol. The Morgan fingerprint density at radius 3 is 2.68 bits per heavy atom. The minimum atomic E-state index is -0.532. The molecule has 0 aliphatic heterocycles. The molecule has 5 heteroatoms. The van der Waals surface area contributed by atoms with Crippen LogP contribution in [0.3, 0.4) is 0 Å². The van der Waals surface area contributed by atoms with Crippen molar-refractivity contribution in [3.63, 3.8) is 0 Å². The van der Waals surface area contributed by atoms with Gasteiger partial charge in [0, 0.05) is 13.6 Å². The number of imidazole rings is 1. The van der Waals surface area contributed by atoms with Crippen molar-refractivity contribution < 1.29 is 5.11 Å². The number of likely N-dealkylation sites (N-methyl/N-ethyl adjacent to an activating group) is 1. The second-order valence-electron chi connectivity index (χ2n) is 6.14. The first-order chi connectivity index (χ1) is 8.89. The van der Waals surface area contributed by atoms with Gasteiger partial charge < -0.3 is 9.67 Å². The molecule has 19 heavy (non-hydrogen) atoms. The van der Waals surface area contributed by atoms with Crippen molar-refractivity contribution >= 4 is 11.6 Å². The third kappa shape index (κ3) is 3.71. The van der Waals surface area contributed by atoms with E-state index in [-0.39, 0.29) is 0 Å². The van der Waals surface area contributed by atoms with Gasteiger partial charge in [-0.25, -0.2) is 4.98 Å². The van der Waals surface area contributed by atoms with Gasteiger partial charge in [-0.15, -0.1) is 0 Å². The van der Waals surface area contributed by atoms with Crippen molar-refractivity contribution in [3.8, 4) is 0 Å². The summed E-state index contributed by atoms with van der Waals surface area (Å²) in [5.41, 5.74) is -0.532. The van der Waals surface area contributed by atoms with Crippen molar-refractivity contribution in [2.45, 2.75) is 44.8 Å². The number of halogens is 1. The zero-order valence-corrected chi connectivity index (χ0v) is 12.8. The van der Waals surface area contributed by atoms with Crippen LogP contribution in [-0.4, -0.2) is 38.8 Å². The van der Waals surface area contributed by atoms with E-state index in [0.717, 1.165) is 37.4 Å². The van der Waals surface area contributed by atoms with E-state index in [1.165, 1.54) is 0 Å². The summed E-state index contributed by atoms with van der Waals surface area (Å²) in [6.07, 6.45) is 5.72. The van der Waals surface area contributed by atoms with E-state index in [9.17, 15) is 5.11 Å². The standard InChI is InChI=1S/C14H24ClN3O/c1-11-4-6-14(19,7-5-11)10-17(2)9-13-16-8-12(15)18(13)3/h8,11,19H,4-7,9-10H2,1-3H3. The van der Waals surface area contributed by atoms with E-state index in [0.29, 0.717) is 18.2 Å². The van der Waals surface area contributed by atoms with Crippen LogP contribution in [0, 0.1) is 5.92 Å². The molecule has 1 fully saturated rings. The number of nitrogens with zero attached hydrogens (tertiary/aromatic N) is 3. The molecule has 1 aliphatic carbocycles. The summed E-state index contributed by atoms with van der Waals surface area (Å²) in [6.45, 7) is 3.67. The van der Waals surface area contributed by atoms with E-state index >= 15 is 0 Å². The zero-order chi connectivity index (χ0) is 14.0. The zero-order valence-electron chi connectivity index (χ0n) is 12.1. The lowest BCUT2D eigenvalue weighted by molar-refractivity contribution is -0.0320. The van der Waals surface area contributed by atoms with Gasteiger partial charge >= 0.3 is 0 Å². The fourth-order valence-electron chi connectivity index (χ4n) is 2.83.